The lowest BCUT2D eigenvalue weighted by molar-refractivity contribution is 0.281. The summed E-state index contributed by atoms with van der Waals surface area (Å²) in [7, 11) is -3.85. The first-order chi connectivity index (χ1) is 9.83. The van der Waals surface area contributed by atoms with Gasteiger partial charge in [-0.1, -0.05) is 23.2 Å². The van der Waals surface area contributed by atoms with Gasteiger partial charge in [0.2, 0.25) is 10.0 Å². The van der Waals surface area contributed by atoms with Crippen molar-refractivity contribution in [2.45, 2.75) is 25.0 Å². The van der Waals surface area contributed by atoms with Gasteiger partial charge in [0.05, 0.1) is 18.2 Å². The highest BCUT2D eigenvalue weighted by molar-refractivity contribution is 7.89. The van der Waals surface area contributed by atoms with E-state index in [9.17, 15) is 13.5 Å². The van der Waals surface area contributed by atoms with E-state index >= 15 is 0 Å². The Bertz CT molecular complexity index is 760. The zero-order valence-corrected chi connectivity index (χ0v) is 14.1. The fourth-order valence-electron chi connectivity index (χ4n) is 1.65. The summed E-state index contributed by atoms with van der Waals surface area (Å²) in [5, 5.41) is 9.98. The third-order valence-electron chi connectivity index (χ3n) is 2.62. The molecule has 1 heterocycles. The molecule has 0 amide bonds. The molecule has 2 rings (SSSR count). The van der Waals surface area contributed by atoms with Crippen LogP contribution in [0.1, 0.15) is 15.4 Å². The largest absolute Gasteiger partial charge is 0.392 e. The zero-order valence-electron chi connectivity index (χ0n) is 10.9. The number of aromatic nitrogens is 1. The zero-order chi connectivity index (χ0) is 15.6. The van der Waals surface area contributed by atoms with Gasteiger partial charge >= 0.3 is 0 Å². The highest BCUT2D eigenvalue weighted by Gasteiger charge is 2.21. The minimum Gasteiger partial charge on any atom is -0.392 e. The third kappa shape index (κ3) is 3.94. The highest BCUT2D eigenvalue weighted by Crippen LogP contribution is 2.29. The van der Waals surface area contributed by atoms with E-state index in [1.807, 2.05) is 6.92 Å². The number of benzene rings is 1. The van der Waals surface area contributed by atoms with Gasteiger partial charge < -0.3 is 5.11 Å². The van der Waals surface area contributed by atoms with Gasteiger partial charge in [-0.3, -0.25) is 0 Å². The second-order valence-electron chi connectivity index (χ2n) is 4.22. The van der Waals surface area contributed by atoms with Gasteiger partial charge in [0.15, 0.2) is 0 Å². The number of nitrogens with zero attached hydrogens (tertiary/aromatic N) is 1. The molecule has 5 nitrogen and oxygen atoms in total. The number of halogens is 2. The molecule has 0 bridgehead atoms. The van der Waals surface area contributed by atoms with Crippen LogP contribution in [-0.2, 0) is 23.2 Å². The van der Waals surface area contributed by atoms with Gasteiger partial charge in [-0.15, -0.1) is 11.3 Å². The van der Waals surface area contributed by atoms with Crippen molar-refractivity contribution in [1.29, 1.82) is 0 Å². The lowest BCUT2D eigenvalue weighted by atomic mass is 10.2. The Hall–Kier alpha value is -0.700. The molecule has 0 saturated heterocycles. The van der Waals surface area contributed by atoms with Gasteiger partial charge in [-0.2, -0.15) is 0 Å². The second kappa shape index (κ2) is 6.60. The molecular formula is C12H12Cl2N2O3S2. The Kier molecular flexibility index (Phi) is 5.24. The summed E-state index contributed by atoms with van der Waals surface area (Å²) in [6.45, 7) is 1.56. The number of nitrogens with one attached hydrogen (secondary N) is 1. The minimum absolute atomic E-state index is 0.0373. The van der Waals surface area contributed by atoms with Crippen molar-refractivity contribution < 1.29 is 13.5 Å². The molecule has 0 atom stereocenters. The molecule has 0 aliphatic rings. The summed E-state index contributed by atoms with van der Waals surface area (Å²) >= 11 is 13.3. The predicted octanol–water partition coefficient (Wildman–Crippen LogP) is 2.73. The van der Waals surface area contributed by atoms with Crippen LogP contribution in [0, 0.1) is 6.92 Å². The Balaban J connectivity index is 2.29. The van der Waals surface area contributed by atoms with Crippen molar-refractivity contribution in [2.75, 3.05) is 0 Å². The normalized spacial score (nSPS) is 11.8. The number of aryl methyl sites for hydroxylation is 1. The molecule has 0 aliphatic heterocycles. The van der Waals surface area contributed by atoms with Crippen molar-refractivity contribution in [3.63, 3.8) is 0 Å². The molecular weight excluding hydrogens is 355 g/mol. The number of hydrogen-bond donors (Lipinski definition) is 2. The summed E-state index contributed by atoms with van der Waals surface area (Å²) in [4.78, 5) is 4.91. The molecule has 0 saturated carbocycles. The van der Waals surface area contributed by atoms with E-state index in [1.165, 1.54) is 23.5 Å². The first-order valence-electron chi connectivity index (χ1n) is 5.83. The van der Waals surface area contributed by atoms with Crippen LogP contribution in [-0.4, -0.2) is 18.5 Å². The van der Waals surface area contributed by atoms with Crippen LogP contribution < -0.4 is 4.72 Å². The van der Waals surface area contributed by atoms with Crippen LogP contribution in [0.4, 0.5) is 0 Å². The minimum atomic E-state index is -3.85. The van der Waals surface area contributed by atoms with Gasteiger partial charge in [0.1, 0.15) is 9.90 Å². The fourth-order valence-corrected chi connectivity index (χ4v) is 4.38. The van der Waals surface area contributed by atoms with Crippen molar-refractivity contribution >= 4 is 44.6 Å². The van der Waals surface area contributed by atoms with E-state index in [1.54, 1.807) is 6.20 Å². The molecule has 21 heavy (non-hydrogen) atoms. The third-order valence-corrected chi connectivity index (χ3v) is 5.74. The summed E-state index contributed by atoms with van der Waals surface area (Å²) in [6.07, 6.45) is 1.67. The van der Waals surface area contributed by atoms with Crippen LogP contribution in [0.15, 0.2) is 23.2 Å². The number of thiazole rings is 1. The Morgan fingerprint density at radius 1 is 1.38 bits per heavy atom. The van der Waals surface area contributed by atoms with Crippen LogP contribution in [0.2, 0.25) is 10.0 Å². The predicted molar refractivity (Wildman–Crippen MR) is 83.3 cm³/mol. The molecule has 0 fully saturated rings. The summed E-state index contributed by atoms with van der Waals surface area (Å²) in [5.41, 5.74) is 0.259. The number of hydrogen-bond acceptors (Lipinski definition) is 5. The van der Waals surface area contributed by atoms with Gasteiger partial charge in [-0.05, 0) is 24.6 Å². The molecule has 1 aromatic heterocycles. The number of aliphatic hydroxyl groups is 1. The van der Waals surface area contributed by atoms with Crippen LogP contribution in [0.25, 0.3) is 0 Å². The Morgan fingerprint density at radius 3 is 2.67 bits per heavy atom. The lowest BCUT2D eigenvalue weighted by Crippen LogP contribution is -2.23. The van der Waals surface area contributed by atoms with E-state index in [-0.39, 0.29) is 27.0 Å². The fraction of sp³-hybridized carbons (Fsp3) is 0.250. The summed E-state index contributed by atoms with van der Waals surface area (Å²) in [5.74, 6) is 0. The molecule has 2 aromatic rings. The van der Waals surface area contributed by atoms with Gasteiger partial charge in [0, 0.05) is 16.1 Å². The molecule has 0 spiro atoms. The molecule has 114 valence electrons. The van der Waals surface area contributed by atoms with E-state index in [4.69, 9.17) is 23.2 Å². The lowest BCUT2D eigenvalue weighted by Gasteiger charge is -2.10. The van der Waals surface area contributed by atoms with Gasteiger partial charge in [-0.25, -0.2) is 18.1 Å². The van der Waals surface area contributed by atoms with Crippen LogP contribution in [0.3, 0.4) is 0 Å². The van der Waals surface area contributed by atoms with Crippen molar-refractivity contribution in [3.05, 3.63) is 43.8 Å². The summed E-state index contributed by atoms with van der Waals surface area (Å²) < 4.78 is 27.0. The Morgan fingerprint density at radius 2 is 2.10 bits per heavy atom. The molecule has 1 aromatic carbocycles. The molecule has 9 heteroatoms. The van der Waals surface area contributed by atoms with Crippen molar-refractivity contribution in [1.82, 2.24) is 9.71 Å². The second-order valence-corrected chi connectivity index (χ2v) is 8.09. The molecule has 0 radical (unpaired) electrons. The van der Waals surface area contributed by atoms with Crippen molar-refractivity contribution in [2.24, 2.45) is 0 Å². The maximum absolute atomic E-state index is 12.3. The van der Waals surface area contributed by atoms with Crippen LogP contribution >= 0.6 is 34.5 Å². The topological polar surface area (TPSA) is 79.3 Å². The average Bonchev–Trinajstić information content (AvgIpc) is 2.84. The SMILES string of the molecule is Cc1cnc(CNS(=O)(=O)c2cc(Cl)cc(CO)c2Cl)s1. The Labute approximate surface area is 136 Å². The molecule has 0 unspecified atom stereocenters. The first kappa shape index (κ1) is 16.7. The smallest absolute Gasteiger partial charge is 0.242 e. The van der Waals surface area contributed by atoms with Gasteiger partial charge in [0.25, 0.3) is 0 Å². The monoisotopic (exact) mass is 366 g/mol. The highest BCUT2D eigenvalue weighted by atomic mass is 35.5. The summed E-state index contributed by atoms with van der Waals surface area (Å²) in [6, 6.07) is 2.67. The average molecular weight is 367 g/mol. The molecule has 0 aliphatic carbocycles. The maximum atomic E-state index is 12.3. The van der Waals surface area contributed by atoms with Crippen molar-refractivity contribution in [3.8, 4) is 0 Å². The molecule has 2 N–H and O–H groups in total. The maximum Gasteiger partial charge on any atom is 0.242 e. The van der Waals surface area contributed by atoms with E-state index < -0.39 is 16.6 Å². The number of aliphatic hydroxyl groups excluding tert-OH is 1. The number of sulfonamides is 1. The first-order valence-corrected chi connectivity index (χ1v) is 8.89. The van der Waals surface area contributed by atoms with E-state index in [0.29, 0.717) is 5.01 Å². The van der Waals surface area contributed by atoms with Crippen LogP contribution in [0.5, 0.6) is 0 Å². The quantitative estimate of drug-likeness (QED) is 0.852. The van der Waals surface area contributed by atoms with E-state index in [2.05, 4.69) is 9.71 Å². The van der Waals surface area contributed by atoms with E-state index in [0.717, 1.165) is 4.88 Å². The number of rotatable bonds is 5. The standard InChI is InChI=1S/C12H12Cl2N2O3S2/c1-7-4-15-11(20-7)5-16-21(18,19)10-3-9(13)2-8(6-17)12(10)14/h2-4,16-17H,5-6H2,1H3.